The third kappa shape index (κ3) is 1.68. The molecule has 2 aromatic carbocycles. The number of aromatic nitrogens is 1. The summed E-state index contributed by atoms with van der Waals surface area (Å²) in [4.78, 5) is 3.19. The summed E-state index contributed by atoms with van der Waals surface area (Å²) in [6, 6.07) is 15.3. The van der Waals surface area contributed by atoms with E-state index < -0.39 is 0 Å². The average molecular weight is 235 g/mol. The summed E-state index contributed by atoms with van der Waals surface area (Å²) >= 11 is 0. The first-order valence-corrected chi connectivity index (χ1v) is 5.80. The molecule has 2 heteroatoms. The predicted octanol–water partition coefficient (Wildman–Crippen LogP) is 3.94. The average Bonchev–Trinajstić information content (AvgIpc) is 2.87. The molecule has 18 heavy (non-hydrogen) atoms. The van der Waals surface area contributed by atoms with Crippen LogP contribution in [0.1, 0.15) is 11.1 Å². The zero-order chi connectivity index (χ0) is 12.5. The fourth-order valence-electron chi connectivity index (χ4n) is 2.17. The van der Waals surface area contributed by atoms with Gasteiger partial charge in [-0.25, -0.2) is 0 Å². The van der Waals surface area contributed by atoms with Gasteiger partial charge >= 0.3 is 0 Å². The molecule has 0 atom stereocenters. The van der Waals surface area contributed by atoms with Crippen molar-refractivity contribution < 1.29 is 5.11 Å². The van der Waals surface area contributed by atoms with Crippen molar-refractivity contribution in [1.82, 2.24) is 4.98 Å². The third-order valence-electron chi connectivity index (χ3n) is 3.14. The van der Waals surface area contributed by atoms with Crippen LogP contribution in [0.15, 0.2) is 61.3 Å². The molecule has 0 aliphatic rings. The smallest absolute Gasteiger partial charge is 0.115 e. The van der Waals surface area contributed by atoms with E-state index in [9.17, 15) is 5.11 Å². The van der Waals surface area contributed by atoms with Crippen LogP contribution in [0.5, 0.6) is 5.75 Å². The Balaban J connectivity index is 2.12. The summed E-state index contributed by atoms with van der Waals surface area (Å²) in [5.74, 6) is 0.270. The minimum atomic E-state index is 0.270. The minimum absolute atomic E-state index is 0.270. The van der Waals surface area contributed by atoms with Gasteiger partial charge in [-0.15, -0.1) is 0 Å². The largest absolute Gasteiger partial charge is 0.508 e. The number of aromatic hydroxyl groups is 1. The molecule has 0 bridgehead atoms. The van der Waals surface area contributed by atoms with Crippen molar-refractivity contribution in [2.24, 2.45) is 0 Å². The molecule has 0 unspecified atom stereocenters. The second-order valence-corrected chi connectivity index (χ2v) is 4.27. The Labute approximate surface area is 105 Å². The number of H-pyrrole nitrogens is 1. The summed E-state index contributed by atoms with van der Waals surface area (Å²) in [5.41, 5.74) is 4.19. The van der Waals surface area contributed by atoms with Crippen molar-refractivity contribution in [3.63, 3.8) is 0 Å². The lowest BCUT2D eigenvalue weighted by Crippen LogP contribution is -1.86. The minimum Gasteiger partial charge on any atom is -0.508 e. The molecule has 0 saturated heterocycles. The first-order chi connectivity index (χ1) is 8.75. The number of aromatic amines is 1. The Bertz CT molecular complexity index is 707. The molecule has 0 radical (unpaired) electrons. The lowest BCUT2D eigenvalue weighted by atomic mass is 9.97. The lowest BCUT2D eigenvalue weighted by Gasteiger charge is -2.08. The highest BCUT2D eigenvalue weighted by Crippen LogP contribution is 2.28. The van der Waals surface area contributed by atoms with E-state index >= 15 is 0 Å². The van der Waals surface area contributed by atoms with Crippen molar-refractivity contribution in [2.45, 2.75) is 0 Å². The fourth-order valence-corrected chi connectivity index (χ4v) is 2.17. The van der Waals surface area contributed by atoms with Crippen LogP contribution < -0.4 is 0 Å². The molecule has 1 heterocycles. The monoisotopic (exact) mass is 235 g/mol. The van der Waals surface area contributed by atoms with Gasteiger partial charge in [-0.2, -0.15) is 0 Å². The van der Waals surface area contributed by atoms with Gasteiger partial charge in [0, 0.05) is 17.1 Å². The summed E-state index contributed by atoms with van der Waals surface area (Å²) in [5, 5.41) is 10.5. The van der Waals surface area contributed by atoms with Crippen LogP contribution in [0.4, 0.5) is 0 Å². The zero-order valence-electron chi connectivity index (χ0n) is 9.85. The van der Waals surface area contributed by atoms with Gasteiger partial charge in [0.15, 0.2) is 0 Å². The second kappa shape index (κ2) is 4.08. The summed E-state index contributed by atoms with van der Waals surface area (Å²) in [7, 11) is 0. The number of hydrogen-bond acceptors (Lipinski definition) is 1. The van der Waals surface area contributed by atoms with E-state index in [0.29, 0.717) is 0 Å². The first kappa shape index (κ1) is 10.7. The van der Waals surface area contributed by atoms with Crippen molar-refractivity contribution >= 4 is 16.5 Å². The highest BCUT2D eigenvalue weighted by atomic mass is 16.3. The number of nitrogens with one attached hydrogen (secondary N) is 1. The maximum atomic E-state index is 9.31. The van der Waals surface area contributed by atoms with E-state index in [2.05, 4.69) is 23.7 Å². The van der Waals surface area contributed by atoms with Crippen molar-refractivity contribution in [2.75, 3.05) is 0 Å². The van der Waals surface area contributed by atoms with Crippen LogP contribution in [0.2, 0.25) is 0 Å². The molecule has 3 aromatic rings. The van der Waals surface area contributed by atoms with E-state index in [0.717, 1.165) is 27.6 Å². The summed E-state index contributed by atoms with van der Waals surface area (Å²) in [6.07, 6.45) is 1.93. The van der Waals surface area contributed by atoms with Gasteiger partial charge < -0.3 is 10.1 Å². The molecule has 0 spiro atoms. The number of rotatable bonds is 2. The lowest BCUT2D eigenvalue weighted by molar-refractivity contribution is 0.475. The third-order valence-corrected chi connectivity index (χ3v) is 3.14. The predicted molar refractivity (Wildman–Crippen MR) is 74.5 cm³/mol. The Morgan fingerprint density at radius 1 is 1.00 bits per heavy atom. The Kier molecular flexibility index (Phi) is 2.41. The van der Waals surface area contributed by atoms with Crippen molar-refractivity contribution in [3.8, 4) is 5.75 Å². The normalized spacial score (nSPS) is 10.7. The molecule has 0 amide bonds. The molecular weight excluding hydrogens is 222 g/mol. The Hall–Kier alpha value is -2.48. The van der Waals surface area contributed by atoms with Crippen LogP contribution in [-0.4, -0.2) is 10.1 Å². The van der Waals surface area contributed by atoms with Crippen LogP contribution >= 0.6 is 0 Å². The molecule has 2 N–H and O–H groups in total. The first-order valence-electron chi connectivity index (χ1n) is 5.80. The number of phenols is 1. The number of hydrogen-bond donors (Lipinski definition) is 2. The highest BCUT2D eigenvalue weighted by Gasteiger charge is 2.07. The van der Waals surface area contributed by atoms with E-state index in [1.807, 2.05) is 30.5 Å². The van der Waals surface area contributed by atoms with Gasteiger partial charge in [0.05, 0.1) is 0 Å². The molecular formula is C16H13NO. The maximum Gasteiger partial charge on any atom is 0.115 e. The zero-order valence-corrected chi connectivity index (χ0v) is 9.85. The van der Waals surface area contributed by atoms with Crippen LogP contribution in [0, 0.1) is 0 Å². The van der Waals surface area contributed by atoms with Crippen LogP contribution in [-0.2, 0) is 0 Å². The Morgan fingerprint density at radius 3 is 2.56 bits per heavy atom. The van der Waals surface area contributed by atoms with E-state index in [-0.39, 0.29) is 5.75 Å². The van der Waals surface area contributed by atoms with Gasteiger partial charge in [-0.1, -0.05) is 30.8 Å². The molecule has 0 aliphatic carbocycles. The fraction of sp³-hybridized carbons (Fsp3) is 0. The molecule has 3 rings (SSSR count). The molecule has 1 aromatic heterocycles. The summed E-state index contributed by atoms with van der Waals surface area (Å²) < 4.78 is 0. The maximum absolute atomic E-state index is 9.31. The SMILES string of the molecule is C=C(c1ccc(O)cc1)c1cccc2[nH]ccc12. The summed E-state index contributed by atoms with van der Waals surface area (Å²) in [6.45, 7) is 4.16. The molecule has 88 valence electrons. The molecule has 0 aliphatic heterocycles. The second-order valence-electron chi connectivity index (χ2n) is 4.27. The quantitative estimate of drug-likeness (QED) is 0.693. The van der Waals surface area contributed by atoms with Crippen LogP contribution in [0.25, 0.3) is 16.5 Å². The van der Waals surface area contributed by atoms with E-state index in [4.69, 9.17) is 0 Å². The molecule has 2 nitrogen and oxygen atoms in total. The number of fused-ring (bicyclic) bond motifs is 1. The standard InChI is InChI=1S/C16H13NO/c1-11(12-5-7-13(18)8-6-12)14-3-2-4-16-15(14)9-10-17-16/h2-10,17-18H,1H2. The Morgan fingerprint density at radius 2 is 1.78 bits per heavy atom. The molecule has 0 saturated carbocycles. The topological polar surface area (TPSA) is 36.0 Å². The highest BCUT2D eigenvalue weighted by molar-refractivity contribution is 5.95. The molecule has 0 fully saturated rings. The van der Waals surface area contributed by atoms with Gasteiger partial charge in [0.1, 0.15) is 5.75 Å². The van der Waals surface area contributed by atoms with Crippen LogP contribution in [0.3, 0.4) is 0 Å². The number of phenolic OH excluding ortho intramolecular Hbond substituents is 1. The number of benzene rings is 2. The van der Waals surface area contributed by atoms with E-state index in [1.165, 1.54) is 0 Å². The van der Waals surface area contributed by atoms with Gasteiger partial charge in [-0.05, 0) is 41.0 Å². The van der Waals surface area contributed by atoms with E-state index in [1.54, 1.807) is 12.1 Å². The van der Waals surface area contributed by atoms with Crippen molar-refractivity contribution in [1.29, 1.82) is 0 Å². The van der Waals surface area contributed by atoms with Crippen molar-refractivity contribution in [3.05, 3.63) is 72.4 Å². The van der Waals surface area contributed by atoms with Gasteiger partial charge in [-0.3, -0.25) is 0 Å². The van der Waals surface area contributed by atoms with Gasteiger partial charge in [0.25, 0.3) is 0 Å². The van der Waals surface area contributed by atoms with Gasteiger partial charge in [0.2, 0.25) is 0 Å².